The van der Waals surface area contributed by atoms with E-state index in [1.165, 1.54) is 10.6 Å². The Morgan fingerprint density at radius 2 is 1.85 bits per heavy atom. The van der Waals surface area contributed by atoms with Gasteiger partial charge in [0.05, 0.1) is 24.4 Å². The summed E-state index contributed by atoms with van der Waals surface area (Å²) in [6.07, 6.45) is 3.00. The van der Waals surface area contributed by atoms with E-state index in [4.69, 9.17) is 9.72 Å². The molecule has 0 fully saturated rings. The van der Waals surface area contributed by atoms with Gasteiger partial charge in [-0.1, -0.05) is 6.08 Å². The summed E-state index contributed by atoms with van der Waals surface area (Å²) in [5.74, 6) is 0.628. The van der Waals surface area contributed by atoms with Crippen molar-refractivity contribution in [2.45, 2.75) is 32.6 Å². The number of rotatable bonds is 4. The van der Waals surface area contributed by atoms with Crippen LogP contribution in [0.4, 0.5) is 20.3 Å². The number of anilines is 2. The predicted molar refractivity (Wildman–Crippen MR) is 153 cm³/mol. The molecule has 6 rings (SSSR count). The van der Waals surface area contributed by atoms with E-state index in [1.54, 1.807) is 50.0 Å². The van der Waals surface area contributed by atoms with E-state index >= 15 is 0 Å². The number of hydrogen-bond donors (Lipinski definition) is 0. The van der Waals surface area contributed by atoms with Crippen molar-refractivity contribution in [3.63, 3.8) is 0 Å². The summed E-state index contributed by atoms with van der Waals surface area (Å²) in [6.45, 7) is 3.42. The molecule has 40 heavy (non-hydrogen) atoms. The highest BCUT2D eigenvalue weighted by molar-refractivity contribution is 5.95. The summed E-state index contributed by atoms with van der Waals surface area (Å²) >= 11 is 0. The van der Waals surface area contributed by atoms with Gasteiger partial charge in [-0.2, -0.15) is 0 Å². The summed E-state index contributed by atoms with van der Waals surface area (Å²) < 4.78 is 37.6. The highest BCUT2D eigenvalue weighted by Gasteiger charge is 2.28. The summed E-state index contributed by atoms with van der Waals surface area (Å²) in [5.41, 5.74) is 4.52. The lowest BCUT2D eigenvalue weighted by atomic mass is 9.92. The molecule has 0 saturated heterocycles. The topological polar surface area (TPSA) is 69.4 Å². The molecule has 0 unspecified atom stereocenters. The number of hydrogen-bond acceptors (Lipinski definition) is 5. The minimum absolute atomic E-state index is 0.0929. The van der Waals surface area contributed by atoms with Gasteiger partial charge in [-0.25, -0.2) is 13.8 Å². The van der Waals surface area contributed by atoms with Crippen LogP contribution in [0, 0.1) is 6.92 Å². The fourth-order valence-electron chi connectivity index (χ4n) is 5.81. The molecular weight excluding hydrogens is 514 g/mol. The largest absolute Gasteiger partial charge is 0.377 e. The summed E-state index contributed by atoms with van der Waals surface area (Å²) in [5, 5.41) is 0.781. The van der Waals surface area contributed by atoms with Crippen LogP contribution in [0.3, 0.4) is 0 Å². The molecule has 0 atom stereocenters. The normalized spacial score (nSPS) is 15.4. The van der Waals surface area contributed by atoms with Crippen molar-refractivity contribution in [3.8, 4) is 11.1 Å². The number of aromatic nitrogens is 3. The molecular formula is C31H30F2N4O3. The summed E-state index contributed by atoms with van der Waals surface area (Å²) in [7, 11) is 3.36. The molecule has 0 radical (unpaired) electrons. The molecule has 4 aromatic rings. The van der Waals surface area contributed by atoms with Gasteiger partial charge in [-0.15, -0.1) is 0 Å². The lowest BCUT2D eigenvalue weighted by Gasteiger charge is -2.33. The lowest BCUT2D eigenvalue weighted by molar-refractivity contribution is 0.152. The number of aryl methyl sites for hydroxylation is 4. The Labute approximate surface area is 230 Å². The van der Waals surface area contributed by atoms with Crippen LogP contribution in [0.2, 0.25) is 0 Å². The molecule has 0 saturated carbocycles. The van der Waals surface area contributed by atoms with Crippen molar-refractivity contribution in [2.75, 3.05) is 24.7 Å². The summed E-state index contributed by atoms with van der Waals surface area (Å²) in [4.78, 5) is 32.8. The molecule has 0 spiro atoms. The Morgan fingerprint density at radius 3 is 2.60 bits per heavy atom. The first kappa shape index (κ1) is 26.1. The van der Waals surface area contributed by atoms with Crippen LogP contribution in [0.5, 0.6) is 0 Å². The number of nitrogens with zero attached hydrogens (tertiary/aromatic N) is 4. The van der Waals surface area contributed by atoms with Crippen LogP contribution in [0.15, 0.2) is 58.3 Å². The number of alkyl halides is 2. The second-order valence-electron chi connectivity index (χ2n) is 10.5. The van der Waals surface area contributed by atoms with Crippen LogP contribution in [-0.4, -0.2) is 33.9 Å². The van der Waals surface area contributed by atoms with Gasteiger partial charge in [0.2, 0.25) is 0 Å². The van der Waals surface area contributed by atoms with E-state index < -0.39 is 6.43 Å². The van der Waals surface area contributed by atoms with Gasteiger partial charge in [0.25, 0.3) is 17.5 Å². The second kappa shape index (κ2) is 10.1. The number of pyridine rings is 3. The first-order chi connectivity index (χ1) is 19.2. The third-order valence-electron chi connectivity index (χ3n) is 7.95. The standard InChI is InChI=1S/C31H30F2N4O3/c1-18-14-24-27(36(3)30(18)38)17-25(19-8-12-40-13-9-19)34-29(24)37-11-4-6-20-15-22(23(28(32)33)16-26(20)37)21-7-5-10-35(2)31(21)39/h5,7-8,10,14-17,28H,4,6,9,11-13H2,1-3H3. The molecule has 9 heteroatoms. The van der Waals surface area contributed by atoms with Gasteiger partial charge >= 0.3 is 0 Å². The Hall–Kier alpha value is -4.11. The molecule has 2 aliphatic rings. The second-order valence-corrected chi connectivity index (χ2v) is 10.5. The Balaban J connectivity index is 1.60. The molecule has 0 bridgehead atoms. The maximum atomic E-state index is 14.6. The fraction of sp³-hybridized carbons (Fsp3) is 0.323. The van der Waals surface area contributed by atoms with Crippen LogP contribution in [0.1, 0.15) is 41.7 Å². The lowest BCUT2D eigenvalue weighted by Crippen LogP contribution is -2.28. The van der Waals surface area contributed by atoms with Crippen molar-refractivity contribution in [1.29, 1.82) is 0 Å². The summed E-state index contributed by atoms with van der Waals surface area (Å²) in [6, 6.07) is 10.3. The van der Waals surface area contributed by atoms with Crippen molar-refractivity contribution in [2.24, 2.45) is 14.1 Å². The zero-order chi connectivity index (χ0) is 28.1. The number of ether oxygens (including phenoxy) is 1. The average Bonchev–Trinajstić information content (AvgIpc) is 2.96. The van der Waals surface area contributed by atoms with E-state index in [0.717, 1.165) is 34.2 Å². The Kier molecular flexibility index (Phi) is 6.62. The number of halogens is 2. The van der Waals surface area contributed by atoms with Gasteiger partial charge in [0.1, 0.15) is 5.82 Å². The first-order valence-electron chi connectivity index (χ1n) is 13.4. The van der Waals surface area contributed by atoms with Gasteiger partial charge < -0.3 is 18.8 Å². The van der Waals surface area contributed by atoms with Gasteiger partial charge in [-0.3, -0.25) is 9.59 Å². The molecule has 2 aliphatic heterocycles. The molecule has 1 aromatic carbocycles. The van der Waals surface area contributed by atoms with Crippen LogP contribution < -0.4 is 16.0 Å². The number of benzene rings is 1. The number of fused-ring (bicyclic) bond motifs is 2. The van der Waals surface area contributed by atoms with Gasteiger partial charge in [-0.05, 0) is 79.3 Å². The van der Waals surface area contributed by atoms with E-state index in [2.05, 4.69) is 0 Å². The molecule has 7 nitrogen and oxygen atoms in total. The SMILES string of the molecule is Cc1cc2c(N3CCCc4cc(-c5cccn(C)c5=O)c(C(F)F)cc43)nc(C3=CCOCC3)cc2n(C)c1=O. The average molecular weight is 545 g/mol. The maximum Gasteiger partial charge on any atom is 0.264 e. The molecule has 5 heterocycles. The van der Waals surface area contributed by atoms with E-state index in [-0.39, 0.29) is 27.8 Å². The Morgan fingerprint density at radius 1 is 1.02 bits per heavy atom. The first-order valence-corrected chi connectivity index (χ1v) is 13.4. The monoisotopic (exact) mass is 544 g/mol. The third kappa shape index (κ3) is 4.34. The molecule has 0 aliphatic carbocycles. The van der Waals surface area contributed by atoms with Crippen molar-refractivity contribution < 1.29 is 13.5 Å². The third-order valence-corrected chi connectivity index (χ3v) is 7.95. The fourth-order valence-corrected chi connectivity index (χ4v) is 5.81. The Bertz CT molecular complexity index is 1810. The highest BCUT2D eigenvalue weighted by Crippen LogP contribution is 2.42. The highest BCUT2D eigenvalue weighted by atomic mass is 19.3. The smallest absolute Gasteiger partial charge is 0.264 e. The van der Waals surface area contributed by atoms with Crippen LogP contribution in [-0.2, 0) is 25.3 Å². The quantitative estimate of drug-likeness (QED) is 0.343. The molecule has 3 aromatic heterocycles. The minimum Gasteiger partial charge on any atom is -0.377 e. The van der Waals surface area contributed by atoms with Gasteiger partial charge in [0, 0.05) is 54.6 Å². The zero-order valence-electron chi connectivity index (χ0n) is 22.7. The molecule has 0 N–H and O–H groups in total. The minimum atomic E-state index is -2.78. The predicted octanol–water partition coefficient (Wildman–Crippen LogP) is 5.43. The van der Waals surface area contributed by atoms with E-state index in [9.17, 15) is 18.4 Å². The van der Waals surface area contributed by atoms with Crippen LogP contribution >= 0.6 is 0 Å². The zero-order valence-corrected chi connectivity index (χ0v) is 22.7. The van der Waals surface area contributed by atoms with Crippen LogP contribution in [0.25, 0.3) is 27.6 Å². The van der Waals surface area contributed by atoms with Crippen molar-refractivity contribution >= 4 is 28.0 Å². The van der Waals surface area contributed by atoms with Gasteiger partial charge in [0.15, 0.2) is 0 Å². The van der Waals surface area contributed by atoms with Crippen molar-refractivity contribution in [1.82, 2.24) is 14.1 Å². The molecule has 206 valence electrons. The maximum absolute atomic E-state index is 14.6. The van der Waals surface area contributed by atoms with Crippen molar-refractivity contribution in [3.05, 3.63) is 91.8 Å². The van der Waals surface area contributed by atoms with E-state index in [0.29, 0.717) is 49.7 Å². The molecule has 0 amide bonds. The van der Waals surface area contributed by atoms with E-state index in [1.807, 2.05) is 23.1 Å².